The van der Waals surface area contributed by atoms with Crippen molar-refractivity contribution >= 4 is 31.5 Å². The number of para-hydroxylation sites is 1. The third kappa shape index (κ3) is 1.97. The Morgan fingerprint density at radius 2 is 1.53 bits per heavy atom. The van der Waals surface area contributed by atoms with Crippen LogP contribution in [0.5, 0.6) is 0 Å². The van der Waals surface area contributed by atoms with E-state index in [1.54, 1.807) is 0 Å². The summed E-state index contributed by atoms with van der Waals surface area (Å²) in [5, 5.41) is 1.19. The molecule has 0 saturated heterocycles. The van der Waals surface area contributed by atoms with Crippen LogP contribution < -0.4 is 4.59 Å². The van der Waals surface area contributed by atoms with Crippen molar-refractivity contribution in [3.8, 4) is 11.1 Å². The van der Waals surface area contributed by atoms with E-state index >= 15 is 0 Å². The Balaban J connectivity index is 2.36. The SMILES string of the molecule is [Se]c1cc(-c2ccccc2)c2ccccc2n1. The molecule has 0 atom stereocenters. The molecule has 0 aliphatic carbocycles. The maximum atomic E-state index is 4.51. The molecule has 1 nitrogen and oxygen atoms in total. The van der Waals surface area contributed by atoms with Gasteiger partial charge in [-0.1, -0.05) is 0 Å². The average molecular weight is 283 g/mol. The molecule has 3 aromatic rings. The molecule has 0 N–H and O–H groups in total. The van der Waals surface area contributed by atoms with E-state index in [-0.39, 0.29) is 0 Å². The number of aromatic nitrogens is 1. The Labute approximate surface area is 108 Å². The van der Waals surface area contributed by atoms with E-state index in [0.29, 0.717) is 0 Å². The molecule has 0 aliphatic heterocycles. The fraction of sp³-hybridized carbons (Fsp3) is 0. The summed E-state index contributed by atoms with van der Waals surface area (Å²) in [7, 11) is 0. The van der Waals surface area contributed by atoms with Crippen LogP contribution in [0.2, 0.25) is 0 Å². The number of fused-ring (bicyclic) bond motifs is 1. The fourth-order valence-electron chi connectivity index (χ4n) is 2.01. The van der Waals surface area contributed by atoms with Gasteiger partial charge < -0.3 is 0 Å². The van der Waals surface area contributed by atoms with E-state index in [9.17, 15) is 0 Å². The van der Waals surface area contributed by atoms with Gasteiger partial charge in [0.15, 0.2) is 0 Å². The zero-order chi connectivity index (χ0) is 11.7. The predicted molar refractivity (Wildman–Crippen MR) is 72.6 cm³/mol. The maximum absolute atomic E-state index is 4.51. The molecule has 0 spiro atoms. The first kappa shape index (κ1) is 10.5. The van der Waals surface area contributed by atoms with Gasteiger partial charge in [-0.25, -0.2) is 0 Å². The number of nitrogens with zero attached hydrogens (tertiary/aromatic N) is 1. The van der Waals surface area contributed by atoms with Gasteiger partial charge in [0.1, 0.15) is 0 Å². The van der Waals surface area contributed by atoms with Crippen LogP contribution in [-0.4, -0.2) is 21.0 Å². The molecule has 1 aromatic heterocycles. The predicted octanol–water partition coefficient (Wildman–Crippen LogP) is 2.70. The van der Waals surface area contributed by atoms with Crippen molar-refractivity contribution in [2.24, 2.45) is 0 Å². The fourth-order valence-corrected chi connectivity index (χ4v) is 2.46. The average Bonchev–Trinajstić information content (AvgIpc) is 2.39. The topological polar surface area (TPSA) is 12.9 Å². The number of hydrogen-bond acceptors (Lipinski definition) is 1. The number of benzene rings is 2. The molecule has 0 aliphatic rings. The Morgan fingerprint density at radius 3 is 2.35 bits per heavy atom. The second-order valence-corrected chi connectivity index (χ2v) is 4.77. The number of rotatable bonds is 1. The summed E-state index contributed by atoms with van der Waals surface area (Å²) in [5.74, 6) is 0. The van der Waals surface area contributed by atoms with Crippen LogP contribution in [0.15, 0.2) is 60.7 Å². The molecular weight excluding hydrogens is 273 g/mol. The molecule has 0 amide bonds. The summed E-state index contributed by atoms with van der Waals surface area (Å²) >= 11 is 2.99. The van der Waals surface area contributed by atoms with Crippen LogP contribution in [0.3, 0.4) is 0 Å². The van der Waals surface area contributed by atoms with Crippen LogP contribution in [0.4, 0.5) is 0 Å². The zero-order valence-corrected chi connectivity index (χ0v) is 10.8. The van der Waals surface area contributed by atoms with Crippen LogP contribution in [-0.2, 0) is 0 Å². The molecule has 81 valence electrons. The Kier molecular flexibility index (Phi) is 2.68. The molecule has 0 saturated carbocycles. The monoisotopic (exact) mass is 284 g/mol. The standard InChI is InChI=1S/C15H10NSe/c17-15-10-13(11-6-2-1-3-7-11)12-8-4-5-9-14(12)16-15/h1-10H. The van der Waals surface area contributed by atoms with Crippen molar-refractivity contribution in [1.29, 1.82) is 0 Å². The van der Waals surface area contributed by atoms with E-state index in [4.69, 9.17) is 0 Å². The van der Waals surface area contributed by atoms with E-state index in [1.807, 2.05) is 18.2 Å². The van der Waals surface area contributed by atoms with Crippen LogP contribution in [0.25, 0.3) is 22.0 Å². The third-order valence-electron chi connectivity index (χ3n) is 2.78. The zero-order valence-electron chi connectivity index (χ0n) is 9.13. The van der Waals surface area contributed by atoms with E-state index in [2.05, 4.69) is 63.5 Å². The van der Waals surface area contributed by atoms with Gasteiger partial charge >= 0.3 is 108 Å². The molecular formula is C15H10NSe. The molecule has 1 heterocycles. The first-order valence-corrected chi connectivity index (χ1v) is 6.32. The van der Waals surface area contributed by atoms with Crippen LogP contribution in [0, 0.1) is 0 Å². The second kappa shape index (κ2) is 4.32. The Morgan fingerprint density at radius 1 is 0.824 bits per heavy atom. The summed E-state index contributed by atoms with van der Waals surface area (Å²) in [4.78, 5) is 4.51. The van der Waals surface area contributed by atoms with Crippen molar-refractivity contribution in [2.75, 3.05) is 0 Å². The Bertz CT molecular complexity index is 662. The molecule has 17 heavy (non-hydrogen) atoms. The quantitative estimate of drug-likeness (QED) is 0.626. The summed E-state index contributed by atoms with van der Waals surface area (Å²) in [6.45, 7) is 0. The normalized spacial score (nSPS) is 10.6. The van der Waals surface area contributed by atoms with E-state index in [0.717, 1.165) is 10.1 Å². The van der Waals surface area contributed by atoms with Crippen LogP contribution in [0.1, 0.15) is 0 Å². The van der Waals surface area contributed by atoms with Gasteiger partial charge in [-0.2, -0.15) is 0 Å². The molecule has 3 rings (SSSR count). The summed E-state index contributed by atoms with van der Waals surface area (Å²) in [5.41, 5.74) is 3.48. The van der Waals surface area contributed by atoms with Crippen molar-refractivity contribution < 1.29 is 0 Å². The van der Waals surface area contributed by atoms with Crippen molar-refractivity contribution in [2.45, 2.75) is 0 Å². The van der Waals surface area contributed by atoms with Gasteiger partial charge in [-0.3, -0.25) is 0 Å². The van der Waals surface area contributed by atoms with Gasteiger partial charge in [0, 0.05) is 0 Å². The molecule has 1 radical (unpaired) electrons. The number of pyridine rings is 1. The van der Waals surface area contributed by atoms with Gasteiger partial charge in [0.05, 0.1) is 0 Å². The van der Waals surface area contributed by atoms with Crippen molar-refractivity contribution in [3.63, 3.8) is 0 Å². The van der Waals surface area contributed by atoms with Gasteiger partial charge in [-0.05, 0) is 0 Å². The molecule has 2 aromatic carbocycles. The molecule has 0 bridgehead atoms. The summed E-state index contributed by atoms with van der Waals surface area (Å²) < 4.78 is 0.933. The van der Waals surface area contributed by atoms with Gasteiger partial charge in [-0.15, -0.1) is 0 Å². The van der Waals surface area contributed by atoms with Gasteiger partial charge in [0.2, 0.25) is 0 Å². The molecule has 0 fully saturated rings. The number of hydrogen-bond donors (Lipinski definition) is 0. The first-order valence-electron chi connectivity index (χ1n) is 5.47. The van der Waals surface area contributed by atoms with E-state index in [1.165, 1.54) is 16.5 Å². The van der Waals surface area contributed by atoms with Crippen LogP contribution >= 0.6 is 0 Å². The summed E-state index contributed by atoms with van der Waals surface area (Å²) in [6.07, 6.45) is 0. The van der Waals surface area contributed by atoms with Crippen molar-refractivity contribution in [3.05, 3.63) is 60.7 Å². The summed E-state index contributed by atoms with van der Waals surface area (Å²) in [6, 6.07) is 20.7. The Hall–Kier alpha value is -1.63. The van der Waals surface area contributed by atoms with Crippen molar-refractivity contribution in [1.82, 2.24) is 4.98 Å². The van der Waals surface area contributed by atoms with E-state index < -0.39 is 0 Å². The second-order valence-electron chi connectivity index (χ2n) is 3.89. The third-order valence-corrected chi connectivity index (χ3v) is 3.22. The van der Waals surface area contributed by atoms with Gasteiger partial charge in [0.25, 0.3) is 0 Å². The minimum absolute atomic E-state index is 0.933. The first-order chi connectivity index (χ1) is 8.34. The minimum atomic E-state index is 0.933. The molecule has 0 unspecified atom stereocenters. The molecule has 2 heteroatoms.